The Balaban J connectivity index is 2.00. The van der Waals surface area contributed by atoms with Crippen molar-refractivity contribution in [2.75, 3.05) is 19.0 Å². The Kier molecular flexibility index (Phi) is 6.59. The minimum absolute atomic E-state index is 0.0546. The van der Waals surface area contributed by atoms with Crippen LogP contribution in [0.1, 0.15) is 13.8 Å². The quantitative estimate of drug-likeness (QED) is 0.736. The van der Waals surface area contributed by atoms with Crippen molar-refractivity contribution >= 4 is 21.6 Å². The van der Waals surface area contributed by atoms with Gasteiger partial charge in [0.15, 0.2) is 0 Å². The number of amides is 1. The van der Waals surface area contributed by atoms with Crippen LogP contribution in [-0.4, -0.2) is 34.1 Å². The standard InChI is InChI=1S/C18H22N2O5S/c1-4-25-16-7-5-14(6-8-16)19-18(21)13(2)20-26(22,23)17-11-9-15(24-3)10-12-17/h5-13,20H,4H2,1-3H3,(H,19,21)/t13-/m1/s1. The molecule has 1 amide bonds. The Bertz CT molecular complexity index is 833. The maximum absolute atomic E-state index is 12.4. The van der Waals surface area contributed by atoms with E-state index in [9.17, 15) is 13.2 Å². The first kappa shape index (κ1) is 19.7. The van der Waals surface area contributed by atoms with E-state index in [2.05, 4.69) is 10.0 Å². The zero-order valence-electron chi connectivity index (χ0n) is 14.9. The number of nitrogens with one attached hydrogen (secondary N) is 2. The summed E-state index contributed by atoms with van der Waals surface area (Å²) in [6.07, 6.45) is 0. The molecule has 0 heterocycles. The Hall–Kier alpha value is -2.58. The smallest absolute Gasteiger partial charge is 0.242 e. The Morgan fingerprint density at radius 1 is 1.04 bits per heavy atom. The lowest BCUT2D eigenvalue weighted by Gasteiger charge is -2.15. The van der Waals surface area contributed by atoms with E-state index < -0.39 is 22.0 Å². The summed E-state index contributed by atoms with van der Waals surface area (Å²) in [7, 11) is -2.33. The van der Waals surface area contributed by atoms with E-state index >= 15 is 0 Å². The summed E-state index contributed by atoms with van der Waals surface area (Å²) >= 11 is 0. The molecule has 2 aromatic carbocycles. The maximum Gasteiger partial charge on any atom is 0.242 e. The molecule has 0 aliphatic rings. The van der Waals surface area contributed by atoms with E-state index in [0.717, 1.165) is 0 Å². The molecular formula is C18H22N2O5S. The van der Waals surface area contributed by atoms with Gasteiger partial charge < -0.3 is 14.8 Å². The van der Waals surface area contributed by atoms with Crippen molar-refractivity contribution in [3.63, 3.8) is 0 Å². The summed E-state index contributed by atoms with van der Waals surface area (Å²) in [5.74, 6) is 0.773. The van der Waals surface area contributed by atoms with Crippen LogP contribution < -0.4 is 19.5 Å². The van der Waals surface area contributed by atoms with Crippen molar-refractivity contribution in [1.82, 2.24) is 4.72 Å². The van der Waals surface area contributed by atoms with Crippen LogP contribution in [0.25, 0.3) is 0 Å². The summed E-state index contributed by atoms with van der Waals surface area (Å²) < 4.78 is 37.4. The zero-order valence-corrected chi connectivity index (χ0v) is 15.7. The van der Waals surface area contributed by atoms with Crippen LogP contribution >= 0.6 is 0 Å². The molecule has 0 aromatic heterocycles. The first-order valence-corrected chi connectivity index (χ1v) is 9.54. The van der Waals surface area contributed by atoms with Crippen molar-refractivity contribution in [3.8, 4) is 11.5 Å². The Labute approximate surface area is 153 Å². The number of benzene rings is 2. The van der Waals surface area contributed by atoms with Gasteiger partial charge in [-0.25, -0.2) is 8.42 Å². The van der Waals surface area contributed by atoms with Crippen LogP contribution in [0.2, 0.25) is 0 Å². The molecular weight excluding hydrogens is 356 g/mol. The molecule has 0 aliphatic heterocycles. The summed E-state index contributed by atoms with van der Waals surface area (Å²) in [5, 5.41) is 2.66. The second-order valence-electron chi connectivity index (χ2n) is 5.47. The molecule has 0 unspecified atom stereocenters. The number of carbonyl (C=O) groups is 1. The molecule has 2 N–H and O–H groups in total. The average molecular weight is 378 g/mol. The van der Waals surface area contributed by atoms with Gasteiger partial charge in [0, 0.05) is 5.69 Å². The molecule has 0 bridgehead atoms. The van der Waals surface area contributed by atoms with Gasteiger partial charge in [0.2, 0.25) is 15.9 Å². The lowest BCUT2D eigenvalue weighted by atomic mass is 10.2. The number of hydrogen-bond donors (Lipinski definition) is 2. The Morgan fingerprint density at radius 2 is 1.62 bits per heavy atom. The Morgan fingerprint density at radius 3 is 2.15 bits per heavy atom. The fraction of sp³-hybridized carbons (Fsp3) is 0.278. The van der Waals surface area contributed by atoms with Gasteiger partial charge in [0.05, 0.1) is 24.7 Å². The predicted molar refractivity (Wildman–Crippen MR) is 99.0 cm³/mol. The predicted octanol–water partition coefficient (Wildman–Crippen LogP) is 2.40. The van der Waals surface area contributed by atoms with Crippen LogP contribution in [0, 0.1) is 0 Å². The second-order valence-corrected chi connectivity index (χ2v) is 7.18. The molecule has 140 valence electrons. The number of methoxy groups -OCH3 is 1. The summed E-state index contributed by atoms with van der Waals surface area (Å²) in [5.41, 5.74) is 0.550. The third-order valence-corrected chi connectivity index (χ3v) is 5.08. The highest BCUT2D eigenvalue weighted by Crippen LogP contribution is 2.17. The third kappa shape index (κ3) is 5.21. The summed E-state index contributed by atoms with van der Waals surface area (Å²) in [6, 6.07) is 11.8. The van der Waals surface area contributed by atoms with Crippen LogP contribution in [0.15, 0.2) is 53.4 Å². The number of carbonyl (C=O) groups excluding carboxylic acids is 1. The largest absolute Gasteiger partial charge is 0.497 e. The van der Waals surface area contributed by atoms with Gasteiger partial charge >= 0.3 is 0 Å². The molecule has 8 heteroatoms. The van der Waals surface area contributed by atoms with Crippen LogP contribution in [0.4, 0.5) is 5.69 Å². The number of rotatable bonds is 8. The van der Waals surface area contributed by atoms with E-state index in [1.165, 1.54) is 26.2 Å². The highest BCUT2D eigenvalue weighted by molar-refractivity contribution is 7.89. The fourth-order valence-electron chi connectivity index (χ4n) is 2.16. The van der Waals surface area contributed by atoms with E-state index in [0.29, 0.717) is 23.8 Å². The normalized spacial score (nSPS) is 12.3. The summed E-state index contributed by atoms with van der Waals surface area (Å²) in [6.45, 7) is 3.91. The lowest BCUT2D eigenvalue weighted by Crippen LogP contribution is -2.41. The first-order valence-electron chi connectivity index (χ1n) is 8.06. The molecule has 0 saturated carbocycles. The zero-order chi connectivity index (χ0) is 19.2. The molecule has 2 aromatic rings. The highest BCUT2D eigenvalue weighted by atomic mass is 32.2. The number of ether oxygens (including phenoxy) is 2. The van der Waals surface area contributed by atoms with Crippen molar-refractivity contribution in [1.29, 1.82) is 0 Å². The highest BCUT2D eigenvalue weighted by Gasteiger charge is 2.22. The fourth-order valence-corrected chi connectivity index (χ4v) is 3.36. The topological polar surface area (TPSA) is 93.7 Å². The van der Waals surface area contributed by atoms with Crippen LogP contribution in [-0.2, 0) is 14.8 Å². The second kappa shape index (κ2) is 8.68. The van der Waals surface area contributed by atoms with Gasteiger partial charge in [-0.15, -0.1) is 0 Å². The van der Waals surface area contributed by atoms with Crippen LogP contribution in [0.3, 0.4) is 0 Å². The van der Waals surface area contributed by atoms with Crippen molar-refractivity contribution in [3.05, 3.63) is 48.5 Å². The van der Waals surface area contributed by atoms with E-state index in [4.69, 9.17) is 9.47 Å². The summed E-state index contributed by atoms with van der Waals surface area (Å²) in [4.78, 5) is 12.3. The van der Waals surface area contributed by atoms with E-state index in [1.807, 2.05) is 6.92 Å². The third-order valence-electron chi connectivity index (χ3n) is 3.53. The van der Waals surface area contributed by atoms with E-state index in [1.54, 1.807) is 36.4 Å². The minimum Gasteiger partial charge on any atom is -0.497 e. The molecule has 0 aliphatic carbocycles. The molecule has 0 fully saturated rings. The van der Waals surface area contributed by atoms with Crippen molar-refractivity contribution < 1.29 is 22.7 Å². The van der Waals surface area contributed by atoms with Gasteiger partial charge in [0.25, 0.3) is 0 Å². The number of hydrogen-bond acceptors (Lipinski definition) is 5. The van der Waals surface area contributed by atoms with Gasteiger partial charge in [-0.3, -0.25) is 4.79 Å². The molecule has 7 nitrogen and oxygen atoms in total. The van der Waals surface area contributed by atoms with Gasteiger partial charge in [0.1, 0.15) is 11.5 Å². The van der Waals surface area contributed by atoms with Gasteiger partial charge in [-0.2, -0.15) is 4.72 Å². The van der Waals surface area contributed by atoms with Gasteiger partial charge in [-0.05, 0) is 62.4 Å². The van der Waals surface area contributed by atoms with Gasteiger partial charge in [-0.1, -0.05) is 0 Å². The van der Waals surface area contributed by atoms with Crippen molar-refractivity contribution in [2.24, 2.45) is 0 Å². The molecule has 0 saturated heterocycles. The molecule has 0 radical (unpaired) electrons. The number of anilines is 1. The SMILES string of the molecule is CCOc1ccc(NC(=O)[C@@H](C)NS(=O)(=O)c2ccc(OC)cc2)cc1. The van der Waals surface area contributed by atoms with E-state index in [-0.39, 0.29) is 4.90 Å². The molecule has 1 atom stereocenters. The lowest BCUT2D eigenvalue weighted by molar-refractivity contribution is -0.117. The molecule has 0 spiro atoms. The maximum atomic E-state index is 12.4. The van der Waals surface area contributed by atoms with Crippen molar-refractivity contribution in [2.45, 2.75) is 24.8 Å². The monoisotopic (exact) mass is 378 g/mol. The molecule has 2 rings (SSSR count). The first-order chi connectivity index (χ1) is 12.4. The average Bonchev–Trinajstić information content (AvgIpc) is 2.63. The minimum atomic E-state index is -3.82. The van der Waals surface area contributed by atoms with Crippen LogP contribution in [0.5, 0.6) is 11.5 Å². The number of sulfonamides is 1. The molecule has 26 heavy (non-hydrogen) atoms.